The largest absolute Gasteiger partial charge is 0.352 e. The molecule has 2 rings (SSSR count). The Morgan fingerprint density at radius 1 is 1.32 bits per heavy atom. The zero-order valence-corrected chi connectivity index (χ0v) is 12.9. The number of carbonyl (C=O) groups excluding carboxylic acids is 1. The number of aromatic nitrogens is 2. The third-order valence-electron chi connectivity index (χ3n) is 3.37. The van der Waals surface area contributed by atoms with Crippen LogP contribution in [-0.4, -0.2) is 22.2 Å². The van der Waals surface area contributed by atoms with Crippen LogP contribution in [0.25, 0.3) is 0 Å². The molecule has 1 aromatic heterocycles. The Bertz CT molecular complexity index is 682. The highest BCUT2D eigenvalue weighted by Gasteiger charge is 2.14. The lowest BCUT2D eigenvalue weighted by atomic mass is 10.1. The SMILES string of the molecule is Cc1cc(C)n(C[C@@H](C)CNC(=O)c2ccc(F)cc2F)n1. The van der Waals surface area contributed by atoms with Crippen LogP contribution in [0, 0.1) is 31.4 Å². The van der Waals surface area contributed by atoms with Gasteiger partial charge in [0.15, 0.2) is 0 Å². The molecule has 1 heterocycles. The zero-order chi connectivity index (χ0) is 16.3. The number of nitrogens with one attached hydrogen (secondary N) is 1. The molecule has 4 nitrogen and oxygen atoms in total. The van der Waals surface area contributed by atoms with Gasteiger partial charge in [0, 0.05) is 24.8 Å². The smallest absolute Gasteiger partial charge is 0.254 e. The summed E-state index contributed by atoms with van der Waals surface area (Å²) in [6.07, 6.45) is 0. The molecule has 1 amide bonds. The van der Waals surface area contributed by atoms with Gasteiger partial charge in [0.1, 0.15) is 11.6 Å². The molecular weight excluding hydrogens is 288 g/mol. The molecule has 1 atom stereocenters. The maximum atomic E-state index is 13.5. The summed E-state index contributed by atoms with van der Waals surface area (Å²) in [6.45, 7) is 6.91. The third kappa shape index (κ3) is 3.90. The van der Waals surface area contributed by atoms with Gasteiger partial charge in [-0.05, 0) is 38.0 Å². The van der Waals surface area contributed by atoms with E-state index < -0.39 is 17.5 Å². The normalized spacial score (nSPS) is 12.2. The van der Waals surface area contributed by atoms with Gasteiger partial charge >= 0.3 is 0 Å². The van der Waals surface area contributed by atoms with Crippen molar-refractivity contribution in [2.24, 2.45) is 5.92 Å². The summed E-state index contributed by atoms with van der Waals surface area (Å²) in [5, 5.41) is 7.02. The molecule has 1 aromatic carbocycles. The van der Waals surface area contributed by atoms with Crippen LogP contribution < -0.4 is 5.32 Å². The highest BCUT2D eigenvalue weighted by atomic mass is 19.1. The fourth-order valence-electron chi connectivity index (χ4n) is 2.26. The number of hydrogen-bond acceptors (Lipinski definition) is 2. The third-order valence-corrected chi connectivity index (χ3v) is 3.37. The molecule has 118 valence electrons. The molecule has 0 fully saturated rings. The zero-order valence-electron chi connectivity index (χ0n) is 12.9. The van der Waals surface area contributed by atoms with E-state index in [-0.39, 0.29) is 11.5 Å². The minimum atomic E-state index is -0.858. The second-order valence-corrected chi connectivity index (χ2v) is 5.55. The Balaban J connectivity index is 1.91. The fraction of sp³-hybridized carbons (Fsp3) is 0.375. The molecule has 2 aromatic rings. The van der Waals surface area contributed by atoms with E-state index in [0.717, 1.165) is 23.5 Å². The molecule has 0 saturated carbocycles. The van der Waals surface area contributed by atoms with E-state index in [1.807, 2.05) is 31.5 Å². The van der Waals surface area contributed by atoms with Crippen molar-refractivity contribution in [3.8, 4) is 0 Å². The van der Waals surface area contributed by atoms with Crippen LogP contribution in [0.4, 0.5) is 8.78 Å². The average Bonchev–Trinajstić information content (AvgIpc) is 2.74. The van der Waals surface area contributed by atoms with Gasteiger partial charge in [-0.2, -0.15) is 5.10 Å². The molecule has 1 N–H and O–H groups in total. The standard InChI is InChI=1S/C16H19F2N3O/c1-10(9-21-12(3)6-11(2)20-21)8-19-16(22)14-5-4-13(17)7-15(14)18/h4-7,10H,8-9H2,1-3H3,(H,19,22)/t10-/m0/s1. The Hall–Kier alpha value is -2.24. The minimum Gasteiger partial charge on any atom is -0.352 e. The van der Waals surface area contributed by atoms with Gasteiger partial charge in [-0.1, -0.05) is 6.92 Å². The number of carbonyl (C=O) groups is 1. The summed E-state index contributed by atoms with van der Waals surface area (Å²) in [4.78, 5) is 11.9. The van der Waals surface area contributed by atoms with E-state index >= 15 is 0 Å². The first-order chi connectivity index (χ1) is 10.4. The number of amides is 1. The van der Waals surface area contributed by atoms with Crippen molar-refractivity contribution < 1.29 is 13.6 Å². The van der Waals surface area contributed by atoms with Crippen molar-refractivity contribution in [1.82, 2.24) is 15.1 Å². The molecule has 0 spiro atoms. The van der Waals surface area contributed by atoms with E-state index in [4.69, 9.17) is 0 Å². The van der Waals surface area contributed by atoms with E-state index in [1.165, 1.54) is 0 Å². The number of aryl methyl sites for hydroxylation is 2. The first-order valence-corrected chi connectivity index (χ1v) is 7.11. The lowest BCUT2D eigenvalue weighted by Crippen LogP contribution is -2.31. The highest BCUT2D eigenvalue weighted by molar-refractivity contribution is 5.94. The quantitative estimate of drug-likeness (QED) is 0.923. The Morgan fingerprint density at radius 3 is 2.64 bits per heavy atom. The Kier molecular flexibility index (Phi) is 4.90. The summed E-state index contributed by atoms with van der Waals surface area (Å²) >= 11 is 0. The number of benzene rings is 1. The van der Waals surface area contributed by atoms with Crippen LogP contribution >= 0.6 is 0 Å². The van der Waals surface area contributed by atoms with Crippen LogP contribution in [0.5, 0.6) is 0 Å². The number of halogens is 2. The second-order valence-electron chi connectivity index (χ2n) is 5.55. The molecule has 6 heteroatoms. The molecule has 0 saturated heterocycles. The van der Waals surface area contributed by atoms with Gasteiger partial charge < -0.3 is 5.32 Å². The van der Waals surface area contributed by atoms with Gasteiger partial charge in [0.25, 0.3) is 5.91 Å². The summed E-state index contributed by atoms with van der Waals surface area (Å²) in [5.41, 5.74) is 1.85. The van der Waals surface area contributed by atoms with Crippen LogP contribution in [0.3, 0.4) is 0 Å². The highest BCUT2D eigenvalue weighted by Crippen LogP contribution is 2.10. The Morgan fingerprint density at radius 2 is 2.05 bits per heavy atom. The maximum Gasteiger partial charge on any atom is 0.254 e. The molecule has 22 heavy (non-hydrogen) atoms. The van der Waals surface area contributed by atoms with Crippen molar-refractivity contribution in [3.63, 3.8) is 0 Å². The first-order valence-electron chi connectivity index (χ1n) is 7.11. The van der Waals surface area contributed by atoms with Crippen LogP contribution in [0.1, 0.15) is 28.7 Å². The van der Waals surface area contributed by atoms with E-state index in [1.54, 1.807) is 0 Å². The average molecular weight is 307 g/mol. The van der Waals surface area contributed by atoms with Crippen LogP contribution in [-0.2, 0) is 6.54 Å². The van der Waals surface area contributed by atoms with Crippen molar-refractivity contribution in [1.29, 1.82) is 0 Å². The molecule has 0 bridgehead atoms. The Labute approximate surface area is 128 Å². The van der Waals surface area contributed by atoms with Crippen molar-refractivity contribution >= 4 is 5.91 Å². The minimum absolute atomic E-state index is 0.130. The molecule has 0 aliphatic heterocycles. The van der Waals surface area contributed by atoms with Crippen molar-refractivity contribution in [2.75, 3.05) is 6.54 Å². The maximum absolute atomic E-state index is 13.5. The van der Waals surface area contributed by atoms with Crippen molar-refractivity contribution in [3.05, 3.63) is 52.9 Å². The van der Waals surface area contributed by atoms with Gasteiger partial charge in [0.2, 0.25) is 0 Å². The summed E-state index contributed by atoms with van der Waals surface area (Å²) < 4.78 is 28.2. The molecule has 0 aliphatic carbocycles. The monoisotopic (exact) mass is 307 g/mol. The molecular formula is C16H19F2N3O. The van der Waals surface area contributed by atoms with Gasteiger partial charge in [-0.15, -0.1) is 0 Å². The first kappa shape index (κ1) is 16.1. The van der Waals surface area contributed by atoms with E-state index in [2.05, 4.69) is 10.4 Å². The van der Waals surface area contributed by atoms with Crippen molar-refractivity contribution in [2.45, 2.75) is 27.3 Å². The molecule has 0 radical (unpaired) electrons. The van der Waals surface area contributed by atoms with Crippen LogP contribution in [0.2, 0.25) is 0 Å². The predicted molar refractivity (Wildman–Crippen MR) is 79.6 cm³/mol. The van der Waals surface area contributed by atoms with Gasteiger partial charge in [0.05, 0.1) is 11.3 Å². The van der Waals surface area contributed by atoms with Gasteiger partial charge in [-0.25, -0.2) is 8.78 Å². The molecule has 0 aliphatic rings. The topological polar surface area (TPSA) is 46.9 Å². The van der Waals surface area contributed by atoms with E-state index in [9.17, 15) is 13.6 Å². The summed E-state index contributed by atoms with van der Waals surface area (Å²) in [5.74, 6) is -1.97. The lowest BCUT2D eigenvalue weighted by molar-refractivity contribution is 0.0942. The molecule has 0 unspecified atom stereocenters. The number of nitrogens with zero attached hydrogens (tertiary/aromatic N) is 2. The summed E-state index contributed by atoms with van der Waals surface area (Å²) in [7, 11) is 0. The predicted octanol–water partition coefficient (Wildman–Crippen LogP) is 2.84. The fourth-order valence-corrected chi connectivity index (χ4v) is 2.26. The van der Waals surface area contributed by atoms with Crippen LogP contribution in [0.15, 0.2) is 24.3 Å². The van der Waals surface area contributed by atoms with E-state index in [0.29, 0.717) is 19.2 Å². The number of rotatable bonds is 5. The summed E-state index contributed by atoms with van der Waals surface area (Å²) in [6, 6.07) is 4.90. The number of hydrogen-bond donors (Lipinski definition) is 1. The lowest BCUT2D eigenvalue weighted by Gasteiger charge is -2.14. The van der Waals surface area contributed by atoms with Gasteiger partial charge in [-0.3, -0.25) is 9.48 Å². The second kappa shape index (κ2) is 6.68.